The number of ether oxygens (including phenoxy) is 1. The summed E-state index contributed by atoms with van der Waals surface area (Å²) in [5.41, 5.74) is 7.25. The summed E-state index contributed by atoms with van der Waals surface area (Å²) in [7, 11) is 1.40. The number of benzene rings is 2. The Morgan fingerprint density at radius 3 is 2.35 bits per heavy atom. The molecule has 0 amide bonds. The molecule has 0 saturated carbocycles. The van der Waals surface area contributed by atoms with Crippen molar-refractivity contribution in [3.05, 3.63) is 94.1 Å². The summed E-state index contributed by atoms with van der Waals surface area (Å²) >= 11 is 0. The van der Waals surface area contributed by atoms with Gasteiger partial charge < -0.3 is 4.74 Å². The molecule has 1 atom stereocenters. The van der Waals surface area contributed by atoms with Gasteiger partial charge in [-0.25, -0.2) is 14.8 Å². The monoisotopic (exact) mass is 454 g/mol. The van der Waals surface area contributed by atoms with E-state index in [-0.39, 0.29) is 16.8 Å². The number of fused-ring (bicyclic) bond motifs is 1. The zero-order chi connectivity index (χ0) is 24.3. The SMILES string of the molecule is CCC1(C)CCC(C)(C)c2cc(/C=C/c3ccc(C(=O)OC)cc3)c(Cc3ncccn3)cc21. The topological polar surface area (TPSA) is 52.1 Å². The molecule has 2 aromatic carbocycles. The summed E-state index contributed by atoms with van der Waals surface area (Å²) in [6.07, 6.45) is 12.1. The van der Waals surface area contributed by atoms with Crippen LogP contribution in [0.1, 0.15) is 91.0 Å². The van der Waals surface area contributed by atoms with Crippen molar-refractivity contribution in [2.75, 3.05) is 7.11 Å². The molecule has 0 saturated heterocycles. The van der Waals surface area contributed by atoms with E-state index in [1.807, 2.05) is 18.2 Å². The fourth-order valence-electron chi connectivity index (χ4n) is 4.88. The molecule has 34 heavy (non-hydrogen) atoms. The third kappa shape index (κ3) is 4.82. The van der Waals surface area contributed by atoms with Gasteiger partial charge in [-0.15, -0.1) is 0 Å². The van der Waals surface area contributed by atoms with Crippen molar-refractivity contribution in [3.8, 4) is 0 Å². The summed E-state index contributed by atoms with van der Waals surface area (Å²) in [5.74, 6) is 0.504. The molecule has 3 aromatic rings. The lowest BCUT2D eigenvalue weighted by Gasteiger charge is -2.44. The minimum Gasteiger partial charge on any atom is -0.465 e. The van der Waals surface area contributed by atoms with Crippen LogP contribution in [0.3, 0.4) is 0 Å². The van der Waals surface area contributed by atoms with Crippen molar-refractivity contribution in [2.45, 2.75) is 64.2 Å². The first kappa shape index (κ1) is 23.9. The molecule has 1 aromatic heterocycles. The fraction of sp³-hybridized carbons (Fsp3) is 0.367. The predicted octanol–water partition coefficient (Wildman–Crippen LogP) is 6.76. The van der Waals surface area contributed by atoms with E-state index >= 15 is 0 Å². The van der Waals surface area contributed by atoms with Crippen LogP contribution < -0.4 is 0 Å². The molecule has 0 spiro atoms. The third-order valence-electron chi connectivity index (χ3n) is 7.50. The van der Waals surface area contributed by atoms with E-state index in [0.717, 1.165) is 17.8 Å². The van der Waals surface area contributed by atoms with Gasteiger partial charge in [-0.1, -0.05) is 64.1 Å². The Kier molecular flexibility index (Phi) is 6.70. The van der Waals surface area contributed by atoms with Crippen LogP contribution in [0.25, 0.3) is 12.2 Å². The number of carbonyl (C=O) groups is 1. The molecule has 0 fully saturated rings. The van der Waals surface area contributed by atoms with Crippen molar-refractivity contribution in [3.63, 3.8) is 0 Å². The van der Waals surface area contributed by atoms with E-state index in [9.17, 15) is 4.79 Å². The number of hydrogen-bond donors (Lipinski definition) is 0. The molecule has 0 radical (unpaired) electrons. The predicted molar refractivity (Wildman–Crippen MR) is 138 cm³/mol. The quantitative estimate of drug-likeness (QED) is 0.305. The summed E-state index contributed by atoms with van der Waals surface area (Å²) in [4.78, 5) is 20.7. The second kappa shape index (κ2) is 9.54. The minimum absolute atomic E-state index is 0.135. The van der Waals surface area contributed by atoms with E-state index in [1.165, 1.54) is 42.2 Å². The first-order chi connectivity index (χ1) is 16.3. The van der Waals surface area contributed by atoms with Crippen molar-refractivity contribution < 1.29 is 9.53 Å². The van der Waals surface area contributed by atoms with Crippen LogP contribution in [0, 0.1) is 0 Å². The van der Waals surface area contributed by atoms with Crippen LogP contribution in [-0.2, 0) is 22.0 Å². The van der Waals surface area contributed by atoms with Crippen LogP contribution in [0.5, 0.6) is 0 Å². The zero-order valence-corrected chi connectivity index (χ0v) is 20.9. The van der Waals surface area contributed by atoms with Crippen LogP contribution in [0.15, 0.2) is 54.9 Å². The van der Waals surface area contributed by atoms with Crippen LogP contribution >= 0.6 is 0 Å². The van der Waals surface area contributed by atoms with Crippen molar-refractivity contribution in [2.24, 2.45) is 0 Å². The normalized spacial score (nSPS) is 19.1. The average Bonchev–Trinajstić information content (AvgIpc) is 2.86. The van der Waals surface area contributed by atoms with Crippen molar-refractivity contribution >= 4 is 18.1 Å². The van der Waals surface area contributed by atoms with Gasteiger partial charge in [0.05, 0.1) is 12.7 Å². The Balaban J connectivity index is 1.78. The Labute approximate surface area is 203 Å². The molecule has 176 valence electrons. The first-order valence-corrected chi connectivity index (χ1v) is 12.1. The van der Waals surface area contributed by atoms with Crippen molar-refractivity contribution in [1.82, 2.24) is 9.97 Å². The number of aromatic nitrogens is 2. The summed E-state index contributed by atoms with van der Waals surface area (Å²) < 4.78 is 4.81. The van der Waals surface area contributed by atoms with Crippen LogP contribution in [-0.4, -0.2) is 23.0 Å². The van der Waals surface area contributed by atoms with Gasteiger partial charge in [0, 0.05) is 18.8 Å². The maximum absolute atomic E-state index is 11.7. The molecule has 4 rings (SSSR count). The van der Waals surface area contributed by atoms with E-state index in [2.05, 4.69) is 61.9 Å². The molecular formula is C30H34N2O2. The highest BCUT2D eigenvalue weighted by Crippen LogP contribution is 2.48. The van der Waals surface area contributed by atoms with Gasteiger partial charge in [0.25, 0.3) is 0 Å². The highest BCUT2D eigenvalue weighted by Gasteiger charge is 2.39. The molecule has 1 unspecified atom stereocenters. The maximum Gasteiger partial charge on any atom is 0.337 e. The molecule has 4 heteroatoms. The van der Waals surface area contributed by atoms with E-state index in [1.54, 1.807) is 24.5 Å². The van der Waals surface area contributed by atoms with Gasteiger partial charge in [-0.05, 0) is 76.1 Å². The van der Waals surface area contributed by atoms with Gasteiger partial charge in [-0.2, -0.15) is 0 Å². The molecule has 4 nitrogen and oxygen atoms in total. The third-order valence-corrected chi connectivity index (χ3v) is 7.50. The largest absolute Gasteiger partial charge is 0.465 e. The highest BCUT2D eigenvalue weighted by atomic mass is 16.5. The van der Waals surface area contributed by atoms with E-state index < -0.39 is 0 Å². The Hall–Kier alpha value is -3.27. The van der Waals surface area contributed by atoms with Crippen LogP contribution in [0.4, 0.5) is 0 Å². The molecule has 0 bridgehead atoms. The second-order valence-electron chi connectivity index (χ2n) is 10.2. The number of nitrogens with zero attached hydrogens (tertiary/aromatic N) is 2. The number of hydrogen-bond acceptors (Lipinski definition) is 4. The highest BCUT2D eigenvalue weighted by molar-refractivity contribution is 5.89. The Bertz CT molecular complexity index is 1200. The van der Waals surface area contributed by atoms with Gasteiger partial charge in [0.1, 0.15) is 5.82 Å². The van der Waals surface area contributed by atoms with Gasteiger partial charge in [-0.3, -0.25) is 0 Å². The Morgan fingerprint density at radius 1 is 1.00 bits per heavy atom. The summed E-state index contributed by atoms with van der Waals surface area (Å²) in [6.45, 7) is 9.43. The van der Waals surface area contributed by atoms with Crippen LogP contribution in [0.2, 0.25) is 0 Å². The smallest absolute Gasteiger partial charge is 0.337 e. The first-order valence-electron chi connectivity index (χ1n) is 12.1. The maximum atomic E-state index is 11.7. The number of carbonyl (C=O) groups excluding carboxylic acids is 1. The number of rotatable bonds is 6. The standard InChI is InChI=1S/C30H34N2O2/c1-6-30(4)15-14-29(2,3)25-18-23(13-10-21-8-11-22(12-9-21)28(33)34-5)24(19-26(25)30)20-27-31-16-7-17-32-27/h7-13,16-19H,6,14-15,20H2,1-5H3/b13-10+. The lowest BCUT2D eigenvalue weighted by molar-refractivity contribution is 0.0600. The van der Waals surface area contributed by atoms with E-state index in [4.69, 9.17) is 4.74 Å². The van der Waals surface area contributed by atoms with E-state index in [0.29, 0.717) is 12.0 Å². The molecule has 1 aliphatic carbocycles. The van der Waals surface area contributed by atoms with Gasteiger partial charge in [0.15, 0.2) is 0 Å². The second-order valence-corrected chi connectivity index (χ2v) is 10.2. The molecule has 1 heterocycles. The van der Waals surface area contributed by atoms with Gasteiger partial charge >= 0.3 is 5.97 Å². The number of methoxy groups -OCH3 is 1. The zero-order valence-electron chi connectivity index (χ0n) is 20.9. The number of esters is 1. The average molecular weight is 455 g/mol. The Morgan fingerprint density at radius 2 is 1.71 bits per heavy atom. The molecule has 1 aliphatic rings. The summed E-state index contributed by atoms with van der Waals surface area (Å²) in [6, 6.07) is 14.1. The minimum atomic E-state index is -0.323. The molecular weight excluding hydrogens is 420 g/mol. The lowest BCUT2D eigenvalue weighted by atomic mass is 9.61. The molecule has 0 N–H and O–H groups in total. The lowest BCUT2D eigenvalue weighted by Crippen LogP contribution is -2.35. The fourth-order valence-corrected chi connectivity index (χ4v) is 4.88. The molecule has 0 aliphatic heterocycles. The van der Waals surface area contributed by atoms with Gasteiger partial charge in [0.2, 0.25) is 0 Å². The summed E-state index contributed by atoms with van der Waals surface area (Å²) in [5, 5.41) is 0. The van der Waals surface area contributed by atoms with Crippen molar-refractivity contribution in [1.29, 1.82) is 0 Å².